The van der Waals surface area contributed by atoms with E-state index in [0.29, 0.717) is 0 Å². The SMILES string of the molecule is COP(C)(=O)C(C)O. The molecule has 1 N–H and O–H groups in total. The Morgan fingerprint density at radius 3 is 2.12 bits per heavy atom. The van der Waals surface area contributed by atoms with Crippen molar-refractivity contribution in [3.8, 4) is 0 Å². The van der Waals surface area contributed by atoms with E-state index in [4.69, 9.17) is 5.11 Å². The van der Waals surface area contributed by atoms with E-state index < -0.39 is 13.2 Å². The fourth-order valence-electron chi connectivity index (χ4n) is 0.153. The van der Waals surface area contributed by atoms with Crippen molar-refractivity contribution in [3.63, 3.8) is 0 Å². The summed E-state index contributed by atoms with van der Waals surface area (Å²) in [5.41, 5.74) is 0. The van der Waals surface area contributed by atoms with Crippen molar-refractivity contribution in [1.82, 2.24) is 0 Å². The van der Waals surface area contributed by atoms with Crippen LogP contribution in [-0.2, 0) is 9.09 Å². The average molecular weight is 138 g/mol. The van der Waals surface area contributed by atoms with Gasteiger partial charge in [-0.25, -0.2) is 0 Å². The molecule has 0 aromatic rings. The molecule has 0 saturated carbocycles. The molecule has 3 nitrogen and oxygen atoms in total. The van der Waals surface area contributed by atoms with Crippen molar-refractivity contribution in [2.24, 2.45) is 0 Å². The van der Waals surface area contributed by atoms with E-state index in [0.717, 1.165) is 0 Å². The van der Waals surface area contributed by atoms with Gasteiger partial charge in [-0.15, -0.1) is 0 Å². The largest absolute Gasteiger partial charge is 0.383 e. The van der Waals surface area contributed by atoms with Crippen LogP contribution in [0.5, 0.6) is 0 Å². The van der Waals surface area contributed by atoms with Crippen molar-refractivity contribution in [3.05, 3.63) is 0 Å². The summed E-state index contributed by atoms with van der Waals surface area (Å²) >= 11 is 0. The maximum absolute atomic E-state index is 10.8. The number of hydrogen-bond donors (Lipinski definition) is 1. The van der Waals surface area contributed by atoms with Gasteiger partial charge in [0.05, 0.1) is 0 Å². The molecule has 0 rings (SSSR count). The van der Waals surface area contributed by atoms with Crippen molar-refractivity contribution < 1.29 is 14.2 Å². The minimum atomic E-state index is -2.69. The zero-order valence-electron chi connectivity index (χ0n) is 5.29. The third kappa shape index (κ3) is 1.95. The number of rotatable bonds is 2. The predicted octanol–water partition coefficient (Wildman–Crippen LogP) is 0.879. The lowest BCUT2D eigenvalue weighted by molar-refractivity contribution is 0.239. The summed E-state index contributed by atoms with van der Waals surface area (Å²) in [5.74, 6) is -0.854. The highest BCUT2D eigenvalue weighted by Crippen LogP contribution is 2.45. The van der Waals surface area contributed by atoms with Gasteiger partial charge in [-0.05, 0) is 6.92 Å². The summed E-state index contributed by atoms with van der Waals surface area (Å²) in [7, 11) is -1.36. The maximum Gasteiger partial charge on any atom is 0.227 e. The van der Waals surface area contributed by atoms with Gasteiger partial charge in [0, 0.05) is 13.8 Å². The Morgan fingerprint density at radius 1 is 1.75 bits per heavy atom. The monoisotopic (exact) mass is 138 g/mol. The van der Waals surface area contributed by atoms with Crippen LogP contribution < -0.4 is 0 Å². The summed E-state index contributed by atoms with van der Waals surface area (Å²) < 4.78 is 15.3. The molecule has 0 spiro atoms. The summed E-state index contributed by atoms with van der Waals surface area (Å²) in [5, 5.41) is 8.69. The Labute approximate surface area is 49.1 Å². The second-order valence-electron chi connectivity index (χ2n) is 1.72. The standard InChI is InChI=1S/C4H11O3P/c1-4(5)8(3,6)7-2/h4-5H,1-3H3. The summed E-state index contributed by atoms with van der Waals surface area (Å²) in [6.07, 6.45) is 0. The van der Waals surface area contributed by atoms with Crippen LogP contribution in [0.2, 0.25) is 0 Å². The fourth-order valence-corrected chi connectivity index (χ4v) is 0.458. The quantitative estimate of drug-likeness (QED) is 0.576. The third-order valence-electron chi connectivity index (χ3n) is 1.04. The first-order valence-corrected chi connectivity index (χ1v) is 4.46. The molecule has 0 radical (unpaired) electrons. The molecule has 0 aliphatic rings. The van der Waals surface area contributed by atoms with Gasteiger partial charge in [-0.1, -0.05) is 0 Å². The molecule has 2 unspecified atom stereocenters. The molecule has 0 amide bonds. The van der Waals surface area contributed by atoms with Gasteiger partial charge in [-0.2, -0.15) is 0 Å². The van der Waals surface area contributed by atoms with E-state index in [2.05, 4.69) is 4.52 Å². The molecule has 50 valence electrons. The lowest BCUT2D eigenvalue weighted by Gasteiger charge is -2.11. The first kappa shape index (κ1) is 8.15. The average Bonchev–Trinajstić information content (AvgIpc) is 1.67. The van der Waals surface area contributed by atoms with Crippen LogP contribution in [-0.4, -0.2) is 24.7 Å². The first-order chi connectivity index (χ1) is 3.50. The highest BCUT2D eigenvalue weighted by atomic mass is 31.2. The fraction of sp³-hybridized carbons (Fsp3) is 1.00. The third-order valence-corrected chi connectivity index (χ3v) is 3.12. The van der Waals surface area contributed by atoms with Gasteiger partial charge in [0.15, 0.2) is 0 Å². The van der Waals surface area contributed by atoms with Crippen molar-refractivity contribution in [1.29, 1.82) is 0 Å². The van der Waals surface area contributed by atoms with Gasteiger partial charge >= 0.3 is 0 Å². The van der Waals surface area contributed by atoms with E-state index in [1.165, 1.54) is 20.7 Å². The lowest BCUT2D eigenvalue weighted by Crippen LogP contribution is -2.01. The molecule has 0 bridgehead atoms. The second-order valence-corrected chi connectivity index (χ2v) is 4.65. The molecule has 0 aromatic carbocycles. The molecule has 2 atom stereocenters. The van der Waals surface area contributed by atoms with Crippen LogP contribution in [0.1, 0.15) is 6.92 Å². The second kappa shape index (κ2) is 2.62. The van der Waals surface area contributed by atoms with Crippen LogP contribution >= 0.6 is 7.37 Å². The minimum Gasteiger partial charge on any atom is -0.383 e. The molecule has 0 heterocycles. The Morgan fingerprint density at radius 2 is 2.12 bits per heavy atom. The molecule has 0 aliphatic carbocycles. The molecule has 0 saturated heterocycles. The highest BCUT2D eigenvalue weighted by Gasteiger charge is 2.19. The predicted molar refractivity (Wildman–Crippen MR) is 32.2 cm³/mol. The Hall–Kier alpha value is 0.150. The van der Waals surface area contributed by atoms with Gasteiger partial charge in [0.25, 0.3) is 0 Å². The summed E-state index contributed by atoms with van der Waals surface area (Å²) in [4.78, 5) is 0. The highest BCUT2D eigenvalue weighted by molar-refractivity contribution is 7.58. The smallest absolute Gasteiger partial charge is 0.227 e. The molecule has 8 heavy (non-hydrogen) atoms. The van der Waals surface area contributed by atoms with Gasteiger partial charge in [-0.3, -0.25) is 4.57 Å². The van der Waals surface area contributed by atoms with Gasteiger partial charge in [0.1, 0.15) is 5.85 Å². The molecule has 4 heteroatoms. The number of aliphatic hydroxyl groups is 1. The molecule has 0 aromatic heterocycles. The normalized spacial score (nSPS) is 22.0. The van der Waals surface area contributed by atoms with Gasteiger partial charge in [0.2, 0.25) is 7.37 Å². The summed E-state index contributed by atoms with van der Waals surface area (Å²) in [6.45, 7) is 2.85. The van der Waals surface area contributed by atoms with Crippen LogP contribution in [0.4, 0.5) is 0 Å². The molecular weight excluding hydrogens is 127 g/mol. The maximum atomic E-state index is 10.8. The van der Waals surface area contributed by atoms with Crippen LogP contribution in [0.15, 0.2) is 0 Å². The van der Waals surface area contributed by atoms with E-state index in [1.807, 2.05) is 0 Å². The topological polar surface area (TPSA) is 46.5 Å². The van der Waals surface area contributed by atoms with Crippen molar-refractivity contribution in [2.45, 2.75) is 12.8 Å². The van der Waals surface area contributed by atoms with E-state index in [1.54, 1.807) is 0 Å². The Balaban J connectivity index is 3.93. The number of aliphatic hydroxyl groups excluding tert-OH is 1. The van der Waals surface area contributed by atoms with E-state index in [9.17, 15) is 4.57 Å². The van der Waals surface area contributed by atoms with E-state index >= 15 is 0 Å². The number of hydrogen-bond acceptors (Lipinski definition) is 3. The molecule has 0 aliphatic heterocycles. The van der Waals surface area contributed by atoms with Crippen LogP contribution in [0.25, 0.3) is 0 Å². The Bertz CT molecular complexity index is 110. The van der Waals surface area contributed by atoms with Crippen LogP contribution in [0, 0.1) is 0 Å². The first-order valence-electron chi connectivity index (χ1n) is 2.31. The zero-order chi connectivity index (χ0) is 6.78. The lowest BCUT2D eigenvalue weighted by atomic mass is 10.9. The minimum absolute atomic E-state index is 0.854. The van der Waals surface area contributed by atoms with Gasteiger partial charge < -0.3 is 9.63 Å². The van der Waals surface area contributed by atoms with Crippen LogP contribution in [0.3, 0.4) is 0 Å². The zero-order valence-corrected chi connectivity index (χ0v) is 6.18. The Kier molecular flexibility index (Phi) is 2.67. The molecule has 0 fully saturated rings. The molecular formula is C4H11O3P. The van der Waals surface area contributed by atoms with Crippen molar-refractivity contribution >= 4 is 7.37 Å². The summed E-state index contributed by atoms with van der Waals surface area (Å²) in [6, 6.07) is 0. The van der Waals surface area contributed by atoms with E-state index in [-0.39, 0.29) is 0 Å². The van der Waals surface area contributed by atoms with Crippen molar-refractivity contribution in [2.75, 3.05) is 13.8 Å².